The highest BCUT2D eigenvalue weighted by Gasteiger charge is 2.22. The molecular weight excluding hydrogens is 256 g/mol. The van der Waals surface area contributed by atoms with Crippen LogP contribution in [0.25, 0.3) is 0 Å². The third-order valence-electron chi connectivity index (χ3n) is 4.11. The Balaban J connectivity index is 1.68. The first-order valence-corrected chi connectivity index (χ1v) is 7.63. The van der Waals surface area contributed by atoms with E-state index >= 15 is 0 Å². The van der Waals surface area contributed by atoms with E-state index in [9.17, 15) is 9.59 Å². The average Bonchev–Trinajstić information content (AvgIpc) is 2.68. The van der Waals surface area contributed by atoms with Gasteiger partial charge in [-0.1, -0.05) is 0 Å². The molecule has 6 heteroatoms. The third-order valence-corrected chi connectivity index (χ3v) is 4.11. The minimum Gasteiger partial charge on any atom is -0.352 e. The van der Waals surface area contributed by atoms with Gasteiger partial charge >= 0.3 is 0 Å². The zero-order valence-corrected chi connectivity index (χ0v) is 12.4. The first-order chi connectivity index (χ1) is 9.65. The molecule has 114 valence electrons. The lowest BCUT2D eigenvalue weighted by Gasteiger charge is -2.32. The number of carbonyl (C=O) groups is 2. The molecule has 2 saturated heterocycles. The van der Waals surface area contributed by atoms with Crippen molar-refractivity contribution >= 4 is 11.8 Å². The molecule has 20 heavy (non-hydrogen) atoms. The average molecular weight is 282 g/mol. The third kappa shape index (κ3) is 4.76. The van der Waals surface area contributed by atoms with Crippen LogP contribution in [0.2, 0.25) is 0 Å². The summed E-state index contributed by atoms with van der Waals surface area (Å²) < 4.78 is 0. The molecule has 0 radical (unpaired) electrons. The van der Waals surface area contributed by atoms with Gasteiger partial charge < -0.3 is 15.5 Å². The molecule has 0 aliphatic carbocycles. The monoisotopic (exact) mass is 282 g/mol. The van der Waals surface area contributed by atoms with Crippen LogP contribution in [-0.2, 0) is 9.59 Å². The fourth-order valence-electron chi connectivity index (χ4n) is 2.87. The first-order valence-electron chi connectivity index (χ1n) is 7.63. The molecule has 0 spiro atoms. The highest BCUT2D eigenvalue weighted by Crippen LogP contribution is 2.10. The van der Waals surface area contributed by atoms with E-state index in [4.69, 9.17) is 0 Å². The van der Waals surface area contributed by atoms with Gasteiger partial charge in [-0.15, -0.1) is 0 Å². The largest absolute Gasteiger partial charge is 0.352 e. The SMILES string of the molecule is CC(=O)N1CCC(NC(=O)CN2CCCNCC2)CC1. The number of hydrogen-bond donors (Lipinski definition) is 2. The second-order valence-electron chi connectivity index (χ2n) is 5.73. The van der Waals surface area contributed by atoms with Crippen LogP contribution in [0, 0.1) is 0 Å². The fourth-order valence-corrected chi connectivity index (χ4v) is 2.87. The van der Waals surface area contributed by atoms with Gasteiger partial charge in [0.05, 0.1) is 6.54 Å². The van der Waals surface area contributed by atoms with Crippen LogP contribution in [0.4, 0.5) is 0 Å². The minimum atomic E-state index is 0.119. The van der Waals surface area contributed by atoms with Gasteiger partial charge in [0.15, 0.2) is 0 Å². The van der Waals surface area contributed by atoms with Gasteiger partial charge in [-0.2, -0.15) is 0 Å². The Labute approximate surface area is 120 Å². The predicted molar refractivity (Wildman–Crippen MR) is 77.3 cm³/mol. The van der Waals surface area contributed by atoms with E-state index in [1.165, 1.54) is 0 Å². The lowest BCUT2D eigenvalue weighted by Crippen LogP contribution is -2.48. The quantitative estimate of drug-likeness (QED) is 0.726. The van der Waals surface area contributed by atoms with Gasteiger partial charge in [0.2, 0.25) is 11.8 Å². The molecule has 2 N–H and O–H groups in total. The smallest absolute Gasteiger partial charge is 0.234 e. The van der Waals surface area contributed by atoms with Crippen molar-refractivity contribution in [2.45, 2.75) is 32.2 Å². The van der Waals surface area contributed by atoms with Gasteiger partial charge in [-0.3, -0.25) is 14.5 Å². The lowest BCUT2D eigenvalue weighted by molar-refractivity contribution is -0.130. The van der Waals surface area contributed by atoms with Gasteiger partial charge in [0, 0.05) is 39.1 Å². The molecule has 0 aromatic rings. The Hall–Kier alpha value is -1.14. The highest BCUT2D eigenvalue weighted by molar-refractivity contribution is 5.78. The number of carbonyl (C=O) groups excluding carboxylic acids is 2. The molecule has 2 rings (SSSR count). The van der Waals surface area contributed by atoms with E-state index in [0.717, 1.165) is 58.5 Å². The van der Waals surface area contributed by atoms with Gasteiger partial charge in [0.25, 0.3) is 0 Å². The van der Waals surface area contributed by atoms with Crippen molar-refractivity contribution in [3.63, 3.8) is 0 Å². The second kappa shape index (κ2) is 7.59. The van der Waals surface area contributed by atoms with E-state index in [1.807, 2.05) is 4.90 Å². The lowest BCUT2D eigenvalue weighted by atomic mass is 10.1. The van der Waals surface area contributed by atoms with E-state index in [-0.39, 0.29) is 17.9 Å². The summed E-state index contributed by atoms with van der Waals surface area (Å²) in [5.41, 5.74) is 0. The minimum absolute atomic E-state index is 0.119. The van der Waals surface area contributed by atoms with Crippen molar-refractivity contribution in [2.24, 2.45) is 0 Å². The number of hydrogen-bond acceptors (Lipinski definition) is 4. The molecule has 0 saturated carbocycles. The normalized spacial score (nSPS) is 22.4. The van der Waals surface area contributed by atoms with E-state index in [1.54, 1.807) is 6.92 Å². The van der Waals surface area contributed by atoms with E-state index in [0.29, 0.717) is 6.54 Å². The van der Waals surface area contributed by atoms with Crippen molar-refractivity contribution in [2.75, 3.05) is 45.8 Å². The molecule has 2 aliphatic rings. The summed E-state index contributed by atoms with van der Waals surface area (Å²) in [6, 6.07) is 0.225. The van der Waals surface area contributed by atoms with Crippen LogP contribution in [0.5, 0.6) is 0 Å². The van der Waals surface area contributed by atoms with Crippen molar-refractivity contribution in [3.05, 3.63) is 0 Å². The number of nitrogens with one attached hydrogen (secondary N) is 2. The van der Waals surface area contributed by atoms with Crippen molar-refractivity contribution < 1.29 is 9.59 Å². The highest BCUT2D eigenvalue weighted by atomic mass is 16.2. The molecule has 2 fully saturated rings. The van der Waals surface area contributed by atoms with E-state index in [2.05, 4.69) is 15.5 Å². The molecule has 2 aliphatic heterocycles. The zero-order chi connectivity index (χ0) is 14.4. The van der Waals surface area contributed by atoms with Crippen LogP contribution in [0.15, 0.2) is 0 Å². The number of nitrogens with zero attached hydrogens (tertiary/aromatic N) is 2. The fraction of sp³-hybridized carbons (Fsp3) is 0.857. The molecular formula is C14H26N4O2. The van der Waals surface area contributed by atoms with Gasteiger partial charge in [-0.05, 0) is 32.4 Å². The molecule has 0 atom stereocenters. The van der Waals surface area contributed by atoms with Gasteiger partial charge in [-0.25, -0.2) is 0 Å². The van der Waals surface area contributed by atoms with Crippen molar-refractivity contribution in [1.82, 2.24) is 20.4 Å². The van der Waals surface area contributed by atoms with Crippen LogP contribution in [0.1, 0.15) is 26.2 Å². The van der Waals surface area contributed by atoms with Crippen LogP contribution < -0.4 is 10.6 Å². The Morgan fingerprint density at radius 2 is 1.90 bits per heavy atom. The van der Waals surface area contributed by atoms with Crippen LogP contribution in [0.3, 0.4) is 0 Å². The van der Waals surface area contributed by atoms with Crippen molar-refractivity contribution in [1.29, 1.82) is 0 Å². The van der Waals surface area contributed by atoms with Crippen LogP contribution in [-0.4, -0.2) is 73.5 Å². The maximum absolute atomic E-state index is 12.1. The summed E-state index contributed by atoms with van der Waals surface area (Å²) >= 11 is 0. The number of amides is 2. The molecule has 0 aromatic carbocycles. The second-order valence-corrected chi connectivity index (χ2v) is 5.73. The number of rotatable bonds is 3. The Bertz CT molecular complexity index is 332. The molecule has 2 amide bonds. The maximum Gasteiger partial charge on any atom is 0.234 e. The Morgan fingerprint density at radius 1 is 1.15 bits per heavy atom. The van der Waals surface area contributed by atoms with Crippen LogP contribution >= 0.6 is 0 Å². The Kier molecular flexibility index (Phi) is 5.79. The number of piperidine rings is 1. The summed E-state index contributed by atoms with van der Waals surface area (Å²) in [5, 5.41) is 6.44. The summed E-state index contributed by atoms with van der Waals surface area (Å²) in [6.45, 7) is 7.55. The molecule has 0 bridgehead atoms. The van der Waals surface area contributed by atoms with Crippen molar-refractivity contribution in [3.8, 4) is 0 Å². The number of likely N-dealkylation sites (tertiary alicyclic amines) is 1. The predicted octanol–water partition coefficient (Wildman–Crippen LogP) is -0.591. The summed E-state index contributed by atoms with van der Waals surface area (Å²) in [5.74, 6) is 0.250. The van der Waals surface area contributed by atoms with E-state index < -0.39 is 0 Å². The first kappa shape index (κ1) is 15.3. The topological polar surface area (TPSA) is 64.7 Å². The molecule has 0 unspecified atom stereocenters. The zero-order valence-electron chi connectivity index (χ0n) is 12.4. The Morgan fingerprint density at radius 3 is 2.60 bits per heavy atom. The van der Waals surface area contributed by atoms with Gasteiger partial charge in [0.1, 0.15) is 0 Å². The maximum atomic E-state index is 12.1. The molecule has 0 aromatic heterocycles. The standard InChI is InChI=1S/C14H26N4O2/c1-12(19)18-8-3-13(4-9-18)16-14(20)11-17-7-2-5-15-6-10-17/h13,15H,2-11H2,1H3,(H,16,20). The molecule has 2 heterocycles. The summed E-state index contributed by atoms with van der Waals surface area (Å²) in [4.78, 5) is 27.4. The summed E-state index contributed by atoms with van der Waals surface area (Å²) in [7, 11) is 0. The summed E-state index contributed by atoms with van der Waals surface area (Å²) in [6.07, 6.45) is 2.84. The molecule has 6 nitrogen and oxygen atoms in total.